The number of halogens is 2. The van der Waals surface area contributed by atoms with Crippen molar-refractivity contribution in [2.24, 2.45) is 10.6 Å². The molecule has 0 radical (unpaired) electrons. The number of hydrogen-bond acceptors (Lipinski definition) is 3. The summed E-state index contributed by atoms with van der Waals surface area (Å²) in [6.07, 6.45) is 0.653. The molecule has 1 heterocycles. The zero-order valence-electron chi connectivity index (χ0n) is 17.0. The molecule has 6 heteroatoms. The Kier molecular flexibility index (Phi) is 6.30. The molecule has 0 aliphatic carbocycles. The maximum Gasteiger partial charge on any atom is 0.223 e. The van der Waals surface area contributed by atoms with E-state index < -0.39 is 0 Å². The molecule has 0 spiro atoms. The van der Waals surface area contributed by atoms with Gasteiger partial charge in [0, 0.05) is 19.4 Å². The molecular weight excluding hydrogens is 374 g/mol. The number of rotatable bonds is 6. The summed E-state index contributed by atoms with van der Waals surface area (Å²) in [7, 11) is 0. The van der Waals surface area contributed by atoms with Crippen LogP contribution in [0.15, 0.2) is 53.7 Å². The van der Waals surface area contributed by atoms with Crippen molar-refractivity contribution in [3.05, 3.63) is 71.3 Å². The first-order chi connectivity index (χ1) is 13.7. The fourth-order valence-electron chi connectivity index (χ4n) is 3.22. The molecule has 2 aromatic carbocycles. The van der Waals surface area contributed by atoms with Crippen molar-refractivity contribution in [1.82, 2.24) is 4.90 Å². The highest BCUT2D eigenvalue weighted by atomic mass is 19.1. The van der Waals surface area contributed by atoms with Crippen LogP contribution in [0.4, 0.5) is 8.78 Å². The van der Waals surface area contributed by atoms with Gasteiger partial charge in [-0.05, 0) is 40.8 Å². The van der Waals surface area contributed by atoms with E-state index in [2.05, 4.69) is 5.16 Å². The van der Waals surface area contributed by atoms with E-state index in [1.807, 2.05) is 20.8 Å². The zero-order chi connectivity index (χ0) is 21.0. The molecule has 0 aromatic heterocycles. The largest absolute Gasteiger partial charge is 0.390 e. The smallest absolute Gasteiger partial charge is 0.223 e. The SMILES string of the molecule is CC(C)(C)CC(=O)N(Cc1ccc(F)cc1)CC1CC(c2ccc(F)cc2)=NO1. The van der Waals surface area contributed by atoms with Gasteiger partial charge in [0.1, 0.15) is 11.6 Å². The van der Waals surface area contributed by atoms with Gasteiger partial charge in [0.05, 0.1) is 12.3 Å². The molecule has 0 fully saturated rings. The Morgan fingerprint density at radius 1 is 1.07 bits per heavy atom. The van der Waals surface area contributed by atoms with Crippen molar-refractivity contribution >= 4 is 11.6 Å². The van der Waals surface area contributed by atoms with Crippen LogP contribution in [0.3, 0.4) is 0 Å². The second-order valence-electron chi connectivity index (χ2n) is 8.61. The number of benzene rings is 2. The second-order valence-corrected chi connectivity index (χ2v) is 8.61. The monoisotopic (exact) mass is 400 g/mol. The minimum absolute atomic E-state index is 0.0145. The maximum absolute atomic E-state index is 13.2. The van der Waals surface area contributed by atoms with E-state index in [4.69, 9.17) is 4.84 Å². The first-order valence-corrected chi connectivity index (χ1v) is 9.70. The summed E-state index contributed by atoms with van der Waals surface area (Å²) in [4.78, 5) is 20.2. The fraction of sp³-hybridized carbons (Fsp3) is 0.391. The molecule has 0 N–H and O–H groups in total. The van der Waals surface area contributed by atoms with Crippen molar-refractivity contribution in [2.45, 2.75) is 46.3 Å². The Bertz CT molecular complexity index is 871. The third-order valence-electron chi connectivity index (χ3n) is 4.66. The van der Waals surface area contributed by atoms with Crippen LogP contribution in [-0.4, -0.2) is 29.2 Å². The van der Waals surface area contributed by atoms with E-state index in [1.165, 1.54) is 24.3 Å². The lowest BCUT2D eigenvalue weighted by Crippen LogP contribution is -2.38. The second kappa shape index (κ2) is 8.72. The van der Waals surface area contributed by atoms with Crippen LogP contribution < -0.4 is 0 Å². The zero-order valence-corrected chi connectivity index (χ0v) is 17.0. The summed E-state index contributed by atoms with van der Waals surface area (Å²) < 4.78 is 26.4. The third-order valence-corrected chi connectivity index (χ3v) is 4.66. The molecule has 1 aliphatic heterocycles. The maximum atomic E-state index is 13.2. The molecule has 1 unspecified atom stereocenters. The average Bonchev–Trinajstić information content (AvgIpc) is 3.11. The number of oxime groups is 1. The van der Waals surface area contributed by atoms with E-state index in [1.54, 1.807) is 29.2 Å². The highest BCUT2D eigenvalue weighted by Gasteiger charge is 2.28. The first-order valence-electron chi connectivity index (χ1n) is 9.70. The first kappa shape index (κ1) is 21.0. The molecule has 154 valence electrons. The summed E-state index contributed by atoms with van der Waals surface area (Å²) in [6, 6.07) is 12.3. The predicted molar refractivity (Wildman–Crippen MR) is 108 cm³/mol. The topological polar surface area (TPSA) is 41.9 Å². The van der Waals surface area contributed by atoms with E-state index in [0.717, 1.165) is 16.8 Å². The summed E-state index contributed by atoms with van der Waals surface area (Å²) in [5.74, 6) is -0.596. The molecular formula is C23H26F2N2O2. The van der Waals surface area contributed by atoms with Gasteiger partial charge in [0.25, 0.3) is 0 Å². The van der Waals surface area contributed by atoms with Crippen LogP contribution >= 0.6 is 0 Å². The quantitative estimate of drug-likeness (QED) is 0.690. The Labute approximate surface area is 170 Å². The van der Waals surface area contributed by atoms with Crippen LogP contribution in [0.5, 0.6) is 0 Å². The molecule has 1 aliphatic rings. The highest BCUT2D eigenvalue weighted by Crippen LogP contribution is 2.23. The van der Waals surface area contributed by atoms with Crippen molar-refractivity contribution in [3.63, 3.8) is 0 Å². The Morgan fingerprint density at radius 3 is 2.24 bits per heavy atom. The summed E-state index contributed by atoms with van der Waals surface area (Å²) in [5, 5.41) is 4.13. The van der Waals surface area contributed by atoms with Gasteiger partial charge in [-0.25, -0.2) is 8.78 Å². The Morgan fingerprint density at radius 2 is 1.66 bits per heavy atom. The Balaban J connectivity index is 1.68. The third kappa shape index (κ3) is 6.11. The van der Waals surface area contributed by atoms with Crippen molar-refractivity contribution < 1.29 is 18.4 Å². The van der Waals surface area contributed by atoms with Crippen LogP contribution in [0.2, 0.25) is 0 Å². The molecule has 1 atom stereocenters. The number of carbonyl (C=O) groups is 1. The van der Waals surface area contributed by atoms with Crippen LogP contribution in [0.1, 0.15) is 44.7 Å². The number of nitrogens with zero attached hydrogens (tertiary/aromatic N) is 2. The minimum Gasteiger partial charge on any atom is -0.390 e. The van der Waals surface area contributed by atoms with Crippen molar-refractivity contribution in [1.29, 1.82) is 0 Å². The summed E-state index contributed by atoms with van der Waals surface area (Å²) in [6.45, 7) is 6.80. The minimum atomic E-state index is -0.308. The summed E-state index contributed by atoms with van der Waals surface area (Å²) >= 11 is 0. The predicted octanol–water partition coefficient (Wildman–Crippen LogP) is 4.92. The van der Waals surface area contributed by atoms with E-state index in [9.17, 15) is 13.6 Å². The lowest BCUT2D eigenvalue weighted by atomic mass is 9.91. The molecule has 1 amide bonds. The van der Waals surface area contributed by atoms with Gasteiger partial charge >= 0.3 is 0 Å². The molecule has 0 saturated heterocycles. The molecule has 29 heavy (non-hydrogen) atoms. The molecule has 0 bridgehead atoms. The summed E-state index contributed by atoms with van der Waals surface area (Å²) in [5.41, 5.74) is 2.25. The normalized spacial score (nSPS) is 16.3. The van der Waals surface area contributed by atoms with Gasteiger partial charge in [-0.2, -0.15) is 0 Å². The number of hydrogen-bond donors (Lipinski definition) is 0. The van der Waals surface area contributed by atoms with Gasteiger partial charge in [-0.1, -0.05) is 50.2 Å². The van der Waals surface area contributed by atoms with Gasteiger partial charge in [0.15, 0.2) is 6.10 Å². The molecule has 4 nitrogen and oxygen atoms in total. The van der Waals surface area contributed by atoms with E-state index in [-0.39, 0.29) is 29.1 Å². The fourth-order valence-corrected chi connectivity index (χ4v) is 3.22. The number of amides is 1. The van der Waals surface area contributed by atoms with E-state index >= 15 is 0 Å². The van der Waals surface area contributed by atoms with Crippen LogP contribution in [0, 0.1) is 17.0 Å². The van der Waals surface area contributed by atoms with Crippen LogP contribution in [-0.2, 0) is 16.2 Å². The molecule has 2 aromatic rings. The van der Waals surface area contributed by atoms with Crippen molar-refractivity contribution in [2.75, 3.05) is 6.54 Å². The lowest BCUT2D eigenvalue weighted by molar-refractivity contribution is -0.135. The number of carbonyl (C=O) groups excluding carboxylic acids is 1. The van der Waals surface area contributed by atoms with Gasteiger partial charge in [-0.3, -0.25) is 4.79 Å². The van der Waals surface area contributed by atoms with Crippen LogP contribution in [0.25, 0.3) is 0 Å². The van der Waals surface area contributed by atoms with Gasteiger partial charge in [0.2, 0.25) is 5.91 Å². The Hall–Kier alpha value is -2.76. The average molecular weight is 400 g/mol. The van der Waals surface area contributed by atoms with E-state index in [0.29, 0.717) is 25.9 Å². The standard InChI is InChI=1S/C23H26F2N2O2/c1-23(2,3)13-22(28)27(14-16-4-8-18(24)9-5-16)15-20-12-21(26-29-20)17-6-10-19(25)11-7-17/h4-11,20H,12-15H2,1-3H3. The lowest BCUT2D eigenvalue weighted by Gasteiger charge is -2.28. The van der Waals surface area contributed by atoms with Crippen molar-refractivity contribution in [3.8, 4) is 0 Å². The molecule has 3 rings (SSSR count). The van der Waals surface area contributed by atoms with Gasteiger partial charge < -0.3 is 9.74 Å². The van der Waals surface area contributed by atoms with Gasteiger partial charge in [-0.15, -0.1) is 0 Å². The molecule has 0 saturated carbocycles. The highest BCUT2D eigenvalue weighted by molar-refractivity contribution is 6.01.